The number of benzene rings is 1. The number of sulfone groups is 1. The van der Waals surface area contributed by atoms with E-state index in [9.17, 15) is 22.8 Å². The van der Waals surface area contributed by atoms with Crippen molar-refractivity contribution in [1.29, 1.82) is 0 Å². The standard InChI is InChI=1S/C19H24N2O7S/c1-13(29(25,26)14-7-11-27-12-8-14)18(23)28-10-4-9-21-17(22)15-5-2-3-6-16(15)20-19(21)24/h2-3,5-6,13-14H,4,7-12H2,1H3,(H,20,24)/t13-/m0/s1. The second kappa shape index (κ2) is 8.91. The van der Waals surface area contributed by atoms with E-state index in [1.54, 1.807) is 24.3 Å². The lowest BCUT2D eigenvalue weighted by atomic mass is 10.2. The minimum atomic E-state index is -3.65. The third-order valence-corrected chi connectivity index (χ3v) is 7.70. The molecule has 1 fully saturated rings. The maximum absolute atomic E-state index is 12.5. The molecule has 2 heterocycles. The van der Waals surface area contributed by atoms with Crippen LogP contribution in [0.15, 0.2) is 33.9 Å². The van der Waals surface area contributed by atoms with E-state index in [0.717, 1.165) is 4.57 Å². The summed E-state index contributed by atoms with van der Waals surface area (Å²) >= 11 is 0. The van der Waals surface area contributed by atoms with E-state index in [1.807, 2.05) is 0 Å². The minimum absolute atomic E-state index is 0.0490. The Hall–Kier alpha value is -2.46. The Morgan fingerprint density at radius 3 is 2.69 bits per heavy atom. The number of nitrogens with one attached hydrogen (secondary N) is 1. The Labute approximate surface area is 167 Å². The number of H-pyrrole nitrogens is 1. The molecule has 1 aliphatic rings. The van der Waals surface area contributed by atoms with Gasteiger partial charge in [-0.3, -0.25) is 14.2 Å². The summed E-state index contributed by atoms with van der Waals surface area (Å²) in [5.74, 6) is -0.823. The number of carbonyl (C=O) groups is 1. The van der Waals surface area contributed by atoms with Gasteiger partial charge in [0.2, 0.25) is 0 Å². The summed E-state index contributed by atoms with van der Waals surface area (Å²) in [5, 5.41) is -1.48. The van der Waals surface area contributed by atoms with Crippen molar-refractivity contribution >= 4 is 26.7 Å². The Kier molecular flexibility index (Phi) is 6.53. The van der Waals surface area contributed by atoms with Gasteiger partial charge >= 0.3 is 11.7 Å². The van der Waals surface area contributed by atoms with E-state index in [-0.39, 0.29) is 19.6 Å². The van der Waals surface area contributed by atoms with Crippen LogP contribution in [0.4, 0.5) is 0 Å². The first-order valence-electron chi connectivity index (χ1n) is 9.51. The largest absolute Gasteiger partial charge is 0.465 e. The second-order valence-electron chi connectivity index (χ2n) is 7.00. The molecule has 0 aliphatic carbocycles. The van der Waals surface area contributed by atoms with Crippen molar-refractivity contribution in [1.82, 2.24) is 9.55 Å². The molecule has 1 N–H and O–H groups in total. The zero-order valence-electron chi connectivity index (χ0n) is 16.1. The van der Waals surface area contributed by atoms with Crippen LogP contribution >= 0.6 is 0 Å². The smallest absolute Gasteiger partial charge is 0.328 e. The number of rotatable bonds is 7. The summed E-state index contributed by atoms with van der Waals surface area (Å²) in [4.78, 5) is 39.4. The van der Waals surface area contributed by atoms with Gasteiger partial charge in [0.15, 0.2) is 15.1 Å². The van der Waals surface area contributed by atoms with E-state index in [4.69, 9.17) is 9.47 Å². The normalized spacial score (nSPS) is 16.6. The van der Waals surface area contributed by atoms with Crippen molar-refractivity contribution < 1.29 is 22.7 Å². The number of ether oxygens (including phenoxy) is 2. The van der Waals surface area contributed by atoms with Crippen molar-refractivity contribution in [3.8, 4) is 0 Å². The van der Waals surface area contributed by atoms with Gasteiger partial charge in [0.25, 0.3) is 5.56 Å². The number of aromatic nitrogens is 2. The lowest BCUT2D eigenvalue weighted by Gasteiger charge is -2.24. The Morgan fingerprint density at radius 1 is 1.28 bits per heavy atom. The number of para-hydroxylation sites is 1. The summed E-state index contributed by atoms with van der Waals surface area (Å²) in [5.41, 5.74) is -0.515. The molecule has 0 radical (unpaired) electrons. The molecule has 2 aromatic rings. The number of fused-ring (bicyclic) bond motifs is 1. The molecule has 1 atom stereocenters. The Bertz CT molecular complexity index is 1100. The van der Waals surface area contributed by atoms with Gasteiger partial charge in [-0.25, -0.2) is 13.2 Å². The highest BCUT2D eigenvalue weighted by molar-refractivity contribution is 7.93. The van der Waals surface area contributed by atoms with Gasteiger partial charge in [-0.1, -0.05) is 12.1 Å². The second-order valence-corrected chi connectivity index (χ2v) is 9.55. The monoisotopic (exact) mass is 424 g/mol. The van der Waals surface area contributed by atoms with Crippen LogP contribution in [0.1, 0.15) is 26.2 Å². The molecule has 1 aromatic carbocycles. The lowest BCUT2D eigenvalue weighted by Crippen LogP contribution is -2.39. The fourth-order valence-corrected chi connectivity index (χ4v) is 5.11. The average Bonchev–Trinajstić information content (AvgIpc) is 2.73. The van der Waals surface area contributed by atoms with E-state index in [1.165, 1.54) is 6.92 Å². The number of hydrogen-bond acceptors (Lipinski definition) is 7. The van der Waals surface area contributed by atoms with Gasteiger partial charge in [-0.2, -0.15) is 0 Å². The van der Waals surface area contributed by atoms with Crippen LogP contribution in [0.2, 0.25) is 0 Å². The van der Waals surface area contributed by atoms with Crippen molar-refractivity contribution in [3.05, 3.63) is 45.1 Å². The summed E-state index contributed by atoms with van der Waals surface area (Å²) in [6.45, 7) is 2.01. The molecular formula is C19H24N2O7S. The third kappa shape index (κ3) is 4.59. The number of carbonyl (C=O) groups excluding carboxylic acids is 1. The molecule has 29 heavy (non-hydrogen) atoms. The van der Waals surface area contributed by atoms with Gasteiger partial charge in [-0.05, 0) is 38.3 Å². The molecule has 10 heteroatoms. The predicted octanol–water partition coefficient (Wildman–Crippen LogP) is 0.605. The van der Waals surface area contributed by atoms with Crippen LogP contribution in [0, 0.1) is 0 Å². The van der Waals surface area contributed by atoms with Gasteiger partial charge in [0.05, 0.1) is 22.8 Å². The summed E-state index contributed by atoms with van der Waals surface area (Å²) in [6, 6.07) is 6.68. The molecule has 0 amide bonds. The van der Waals surface area contributed by atoms with Gasteiger partial charge < -0.3 is 14.5 Å². The van der Waals surface area contributed by atoms with Crippen LogP contribution in [-0.4, -0.2) is 54.3 Å². The fourth-order valence-electron chi connectivity index (χ4n) is 3.34. The fraction of sp³-hybridized carbons (Fsp3) is 0.526. The number of hydrogen-bond donors (Lipinski definition) is 1. The molecule has 158 valence electrons. The van der Waals surface area contributed by atoms with Crippen molar-refractivity contribution in [3.63, 3.8) is 0 Å². The molecular weight excluding hydrogens is 400 g/mol. The topological polar surface area (TPSA) is 125 Å². The summed E-state index contributed by atoms with van der Waals surface area (Å²) < 4.78 is 36.4. The number of esters is 1. The highest BCUT2D eigenvalue weighted by Crippen LogP contribution is 2.20. The van der Waals surface area contributed by atoms with Gasteiger partial charge in [0, 0.05) is 19.8 Å². The zero-order valence-corrected chi connectivity index (χ0v) is 16.9. The molecule has 1 aromatic heterocycles. The van der Waals surface area contributed by atoms with Crippen molar-refractivity contribution in [2.45, 2.75) is 43.2 Å². The zero-order chi connectivity index (χ0) is 21.0. The van der Waals surface area contributed by atoms with E-state index in [2.05, 4.69) is 4.98 Å². The highest BCUT2D eigenvalue weighted by Gasteiger charge is 2.37. The van der Waals surface area contributed by atoms with Crippen LogP contribution in [0.25, 0.3) is 10.9 Å². The predicted molar refractivity (Wildman–Crippen MR) is 107 cm³/mol. The van der Waals surface area contributed by atoms with E-state index < -0.39 is 37.6 Å². The first-order chi connectivity index (χ1) is 13.8. The molecule has 0 saturated carbocycles. The minimum Gasteiger partial charge on any atom is -0.465 e. The summed E-state index contributed by atoms with van der Waals surface area (Å²) in [6.07, 6.45) is 0.943. The quantitative estimate of drug-likeness (QED) is 0.510. The molecule has 3 rings (SSSR count). The van der Waals surface area contributed by atoms with Gasteiger partial charge in [0.1, 0.15) is 0 Å². The molecule has 1 aliphatic heterocycles. The lowest BCUT2D eigenvalue weighted by molar-refractivity contribution is -0.143. The first-order valence-corrected chi connectivity index (χ1v) is 11.1. The Balaban J connectivity index is 1.58. The number of nitrogens with zero attached hydrogens (tertiary/aromatic N) is 1. The van der Waals surface area contributed by atoms with Crippen molar-refractivity contribution in [2.75, 3.05) is 19.8 Å². The molecule has 0 spiro atoms. The van der Waals surface area contributed by atoms with Crippen LogP contribution < -0.4 is 11.2 Å². The molecule has 9 nitrogen and oxygen atoms in total. The molecule has 0 unspecified atom stereocenters. The number of aromatic amines is 1. The molecule has 1 saturated heterocycles. The van der Waals surface area contributed by atoms with Crippen molar-refractivity contribution in [2.24, 2.45) is 0 Å². The van der Waals surface area contributed by atoms with Crippen LogP contribution in [0.3, 0.4) is 0 Å². The molecule has 0 bridgehead atoms. The average molecular weight is 424 g/mol. The van der Waals surface area contributed by atoms with E-state index in [0.29, 0.717) is 37.0 Å². The first kappa shape index (κ1) is 21.3. The highest BCUT2D eigenvalue weighted by atomic mass is 32.2. The van der Waals surface area contributed by atoms with Gasteiger partial charge in [-0.15, -0.1) is 0 Å². The van der Waals surface area contributed by atoms with Crippen LogP contribution in [0.5, 0.6) is 0 Å². The SMILES string of the molecule is C[C@@H](C(=O)OCCCn1c(=O)[nH]c2ccccc2c1=O)S(=O)(=O)C1CCOCC1. The van der Waals surface area contributed by atoms with Crippen LogP contribution in [-0.2, 0) is 30.7 Å². The third-order valence-electron chi connectivity index (χ3n) is 5.12. The van der Waals surface area contributed by atoms with E-state index >= 15 is 0 Å². The Morgan fingerprint density at radius 2 is 1.97 bits per heavy atom. The maximum Gasteiger partial charge on any atom is 0.328 e. The summed E-state index contributed by atoms with van der Waals surface area (Å²) in [7, 11) is -3.65. The maximum atomic E-state index is 12.5.